The minimum absolute atomic E-state index is 0.0255. The number of ether oxygens (including phenoxy) is 1. The number of amides is 2. The Morgan fingerprint density at radius 2 is 2.06 bits per heavy atom. The summed E-state index contributed by atoms with van der Waals surface area (Å²) in [5, 5.41) is 3.06. The first-order valence-corrected chi connectivity index (χ1v) is 11.3. The molecule has 0 aliphatic carbocycles. The van der Waals surface area contributed by atoms with Gasteiger partial charge >= 0.3 is 0 Å². The van der Waals surface area contributed by atoms with Gasteiger partial charge in [-0.05, 0) is 42.2 Å². The molecule has 2 aliphatic rings. The molecule has 7 heteroatoms. The fourth-order valence-electron chi connectivity index (χ4n) is 4.51. The van der Waals surface area contributed by atoms with Crippen LogP contribution in [0.5, 0.6) is 0 Å². The van der Waals surface area contributed by atoms with Crippen LogP contribution in [0.25, 0.3) is 11.3 Å². The maximum absolute atomic E-state index is 13.3. The molecule has 1 aromatic heterocycles. The van der Waals surface area contributed by atoms with Crippen LogP contribution in [0.3, 0.4) is 0 Å². The smallest absolute Gasteiger partial charge is 0.254 e. The largest absolute Gasteiger partial charge is 0.381 e. The summed E-state index contributed by atoms with van der Waals surface area (Å²) in [6.07, 6.45) is 6.60. The summed E-state index contributed by atoms with van der Waals surface area (Å²) >= 11 is 0. The number of nitrogens with one attached hydrogen (secondary N) is 1. The molecule has 1 N–H and O–H groups in total. The Balaban J connectivity index is 1.30. The molecule has 1 unspecified atom stereocenters. The van der Waals surface area contributed by atoms with E-state index < -0.39 is 0 Å². The van der Waals surface area contributed by atoms with Gasteiger partial charge in [0.1, 0.15) is 0 Å². The Morgan fingerprint density at radius 3 is 2.88 bits per heavy atom. The molecule has 3 aromatic rings. The lowest BCUT2D eigenvalue weighted by Crippen LogP contribution is -2.37. The Hall–Kier alpha value is -3.58. The van der Waals surface area contributed by atoms with Crippen LogP contribution in [-0.2, 0) is 17.7 Å². The summed E-state index contributed by atoms with van der Waals surface area (Å²) in [4.78, 5) is 36.4. The highest BCUT2D eigenvalue weighted by atomic mass is 16.5. The molecule has 2 aromatic carbocycles. The lowest BCUT2D eigenvalue weighted by molar-refractivity contribution is 0.0734. The van der Waals surface area contributed by atoms with Gasteiger partial charge in [-0.2, -0.15) is 0 Å². The van der Waals surface area contributed by atoms with E-state index in [1.54, 1.807) is 18.6 Å². The number of hydrogen-bond acceptors (Lipinski definition) is 5. The third-order valence-corrected chi connectivity index (χ3v) is 6.34. The van der Waals surface area contributed by atoms with Crippen molar-refractivity contribution in [3.63, 3.8) is 0 Å². The van der Waals surface area contributed by atoms with Crippen LogP contribution in [0.2, 0.25) is 0 Å². The lowest BCUT2D eigenvalue weighted by Gasteiger charge is -2.30. The lowest BCUT2D eigenvalue weighted by atomic mass is 9.93. The Kier molecular flexibility index (Phi) is 6.13. The summed E-state index contributed by atoms with van der Waals surface area (Å²) in [5.41, 5.74) is 4.98. The zero-order chi connectivity index (χ0) is 22.6. The molecule has 3 heterocycles. The Morgan fingerprint density at radius 1 is 1.15 bits per heavy atom. The minimum atomic E-state index is -0.0461. The maximum Gasteiger partial charge on any atom is 0.254 e. The molecule has 168 valence electrons. The fraction of sp³-hybridized carbons (Fsp3) is 0.308. The highest BCUT2D eigenvalue weighted by Gasteiger charge is 2.26. The average molecular weight is 443 g/mol. The summed E-state index contributed by atoms with van der Waals surface area (Å²) < 4.78 is 5.39. The van der Waals surface area contributed by atoms with Crippen molar-refractivity contribution in [1.29, 1.82) is 0 Å². The summed E-state index contributed by atoms with van der Waals surface area (Å²) in [6, 6.07) is 13.3. The molecule has 1 saturated heterocycles. The van der Waals surface area contributed by atoms with Crippen LogP contribution < -0.4 is 5.32 Å². The summed E-state index contributed by atoms with van der Waals surface area (Å²) in [7, 11) is 0. The Labute approximate surface area is 192 Å². The van der Waals surface area contributed by atoms with E-state index in [2.05, 4.69) is 15.3 Å². The standard InChI is InChI=1S/C26H26N4O3/c31-25(29-14-18-8-12-33-17-18)23-6-2-5-21-16-30(11-7-22(21)23)26(32)20-4-1-3-19(13-20)24-15-27-9-10-28-24/h1-6,9-10,13,15,18H,7-8,11-12,14,16-17H2,(H,29,31). The number of carbonyl (C=O) groups excluding carboxylic acids is 2. The van der Waals surface area contributed by atoms with Crippen LogP contribution in [0.15, 0.2) is 61.1 Å². The van der Waals surface area contributed by atoms with Gasteiger partial charge in [-0.25, -0.2) is 0 Å². The molecular formula is C26H26N4O3. The van der Waals surface area contributed by atoms with Gasteiger partial charge in [0.25, 0.3) is 11.8 Å². The second-order valence-electron chi connectivity index (χ2n) is 8.53. The molecule has 2 amide bonds. The van der Waals surface area contributed by atoms with Gasteiger partial charge in [-0.1, -0.05) is 24.3 Å². The highest BCUT2D eigenvalue weighted by Crippen LogP contribution is 2.25. The number of aromatic nitrogens is 2. The predicted molar refractivity (Wildman–Crippen MR) is 124 cm³/mol. The molecule has 0 radical (unpaired) electrons. The molecule has 0 saturated carbocycles. The predicted octanol–water partition coefficient (Wildman–Crippen LogP) is 3.11. The van der Waals surface area contributed by atoms with Gasteiger partial charge in [-0.15, -0.1) is 0 Å². The van der Waals surface area contributed by atoms with E-state index in [9.17, 15) is 9.59 Å². The van der Waals surface area contributed by atoms with Gasteiger partial charge < -0.3 is 15.0 Å². The molecule has 0 spiro atoms. The first kappa shape index (κ1) is 21.3. The SMILES string of the molecule is O=C(NCC1CCOC1)c1cccc2c1CCN(C(=O)c1cccc(-c3cnccn3)c1)C2. The molecule has 2 aliphatic heterocycles. The number of hydrogen-bond donors (Lipinski definition) is 1. The highest BCUT2D eigenvalue weighted by molar-refractivity contribution is 5.97. The van der Waals surface area contributed by atoms with Gasteiger partial charge in [0.05, 0.1) is 18.5 Å². The van der Waals surface area contributed by atoms with Crippen molar-refractivity contribution >= 4 is 11.8 Å². The van der Waals surface area contributed by atoms with Crippen LogP contribution in [0.1, 0.15) is 38.3 Å². The summed E-state index contributed by atoms with van der Waals surface area (Å²) in [6.45, 7) is 3.17. The third kappa shape index (κ3) is 4.64. The van der Waals surface area contributed by atoms with Crippen molar-refractivity contribution in [1.82, 2.24) is 20.2 Å². The quantitative estimate of drug-likeness (QED) is 0.656. The van der Waals surface area contributed by atoms with Crippen molar-refractivity contribution in [2.45, 2.75) is 19.4 Å². The number of fused-ring (bicyclic) bond motifs is 1. The topological polar surface area (TPSA) is 84.4 Å². The Bertz CT molecular complexity index is 1160. The second kappa shape index (κ2) is 9.50. The van der Waals surface area contributed by atoms with Crippen molar-refractivity contribution in [3.05, 3.63) is 83.3 Å². The van der Waals surface area contributed by atoms with Crippen LogP contribution in [0, 0.1) is 5.92 Å². The zero-order valence-electron chi connectivity index (χ0n) is 18.4. The molecule has 5 rings (SSSR count). The van der Waals surface area contributed by atoms with Crippen molar-refractivity contribution in [2.75, 3.05) is 26.3 Å². The van der Waals surface area contributed by atoms with E-state index in [-0.39, 0.29) is 11.8 Å². The monoisotopic (exact) mass is 442 g/mol. The van der Waals surface area contributed by atoms with Crippen LogP contribution in [0.4, 0.5) is 0 Å². The number of carbonyl (C=O) groups is 2. The van der Waals surface area contributed by atoms with Crippen molar-refractivity contribution in [2.24, 2.45) is 5.92 Å². The normalized spacial score (nSPS) is 17.5. The van der Waals surface area contributed by atoms with E-state index in [1.165, 1.54) is 0 Å². The first-order valence-electron chi connectivity index (χ1n) is 11.3. The number of rotatable bonds is 5. The fourth-order valence-corrected chi connectivity index (χ4v) is 4.51. The van der Waals surface area contributed by atoms with Gasteiger partial charge in [0.2, 0.25) is 0 Å². The second-order valence-corrected chi connectivity index (χ2v) is 8.53. The minimum Gasteiger partial charge on any atom is -0.381 e. The molecule has 7 nitrogen and oxygen atoms in total. The maximum atomic E-state index is 13.3. The molecular weight excluding hydrogens is 416 g/mol. The van der Waals surface area contributed by atoms with Crippen molar-refractivity contribution < 1.29 is 14.3 Å². The molecule has 1 atom stereocenters. The number of benzene rings is 2. The third-order valence-electron chi connectivity index (χ3n) is 6.34. The van der Waals surface area contributed by atoms with Crippen LogP contribution >= 0.6 is 0 Å². The van der Waals surface area contributed by atoms with Gasteiger partial charge in [0, 0.05) is 61.2 Å². The summed E-state index contributed by atoms with van der Waals surface area (Å²) in [5.74, 6) is 0.317. The van der Waals surface area contributed by atoms with E-state index in [0.717, 1.165) is 35.4 Å². The van der Waals surface area contributed by atoms with Gasteiger partial charge in [0.15, 0.2) is 0 Å². The van der Waals surface area contributed by atoms with E-state index >= 15 is 0 Å². The van der Waals surface area contributed by atoms with Crippen LogP contribution in [-0.4, -0.2) is 53.0 Å². The zero-order valence-corrected chi connectivity index (χ0v) is 18.4. The molecule has 0 bridgehead atoms. The molecule has 1 fully saturated rings. The average Bonchev–Trinajstić information content (AvgIpc) is 3.40. The van der Waals surface area contributed by atoms with Crippen molar-refractivity contribution in [3.8, 4) is 11.3 Å². The number of nitrogens with zero attached hydrogens (tertiary/aromatic N) is 3. The van der Waals surface area contributed by atoms with E-state index in [0.29, 0.717) is 49.7 Å². The van der Waals surface area contributed by atoms with E-state index in [4.69, 9.17) is 4.74 Å². The molecule has 33 heavy (non-hydrogen) atoms. The first-order chi connectivity index (χ1) is 16.2. The van der Waals surface area contributed by atoms with E-state index in [1.807, 2.05) is 47.4 Å². The van der Waals surface area contributed by atoms with Gasteiger partial charge in [-0.3, -0.25) is 19.6 Å².